The number of aromatic nitrogens is 3. The molecule has 1 aliphatic heterocycles. The Hall–Kier alpha value is -3.92. The Morgan fingerprint density at radius 3 is 2.77 bits per heavy atom. The van der Waals surface area contributed by atoms with Crippen molar-refractivity contribution in [3.63, 3.8) is 0 Å². The van der Waals surface area contributed by atoms with E-state index in [0.29, 0.717) is 29.5 Å². The van der Waals surface area contributed by atoms with Crippen LogP contribution in [-0.2, 0) is 9.53 Å². The molecule has 3 aromatic rings. The van der Waals surface area contributed by atoms with E-state index < -0.39 is 5.91 Å². The summed E-state index contributed by atoms with van der Waals surface area (Å²) in [6, 6.07) is 7.50. The summed E-state index contributed by atoms with van der Waals surface area (Å²) in [5.41, 5.74) is 8.58. The average Bonchev–Trinajstić information content (AvgIpc) is 3.61. The first kappa shape index (κ1) is 22.9. The van der Waals surface area contributed by atoms with Gasteiger partial charge in [-0.1, -0.05) is 12.1 Å². The Bertz CT molecular complexity index is 1250. The Labute approximate surface area is 202 Å². The van der Waals surface area contributed by atoms with Gasteiger partial charge in [0.15, 0.2) is 0 Å². The molecule has 1 saturated carbocycles. The van der Waals surface area contributed by atoms with Gasteiger partial charge in [-0.25, -0.2) is 4.98 Å². The summed E-state index contributed by atoms with van der Waals surface area (Å²) in [6.07, 6.45) is 8.96. The molecule has 1 saturated heterocycles. The number of nitrogens with one attached hydrogen (secondary N) is 2. The van der Waals surface area contributed by atoms with Crippen LogP contribution in [0.15, 0.2) is 42.9 Å². The highest BCUT2D eigenvalue weighted by molar-refractivity contribution is 6.01. The van der Waals surface area contributed by atoms with Crippen molar-refractivity contribution in [1.82, 2.24) is 14.8 Å². The van der Waals surface area contributed by atoms with Gasteiger partial charge in [-0.05, 0) is 31.7 Å². The van der Waals surface area contributed by atoms with Crippen molar-refractivity contribution < 1.29 is 19.1 Å². The lowest BCUT2D eigenvalue weighted by atomic mass is 10.1. The first-order valence-corrected chi connectivity index (χ1v) is 11.7. The molecule has 2 aliphatic rings. The van der Waals surface area contributed by atoms with Gasteiger partial charge in [0.1, 0.15) is 11.6 Å². The van der Waals surface area contributed by atoms with E-state index in [0.717, 1.165) is 43.4 Å². The van der Waals surface area contributed by atoms with Crippen LogP contribution in [0.5, 0.6) is 5.75 Å². The number of methoxy groups -OCH3 is 1. The number of carbonyl (C=O) groups is 2. The van der Waals surface area contributed by atoms with Crippen LogP contribution in [0, 0.1) is 5.92 Å². The molecule has 1 aliphatic carbocycles. The molecule has 182 valence electrons. The molecule has 2 fully saturated rings. The SMILES string of the molecule is COc1c(Nc2cc(NC(=O)C3CC3)ncc2C(N)=O)cccc1-c1cnn(C2CCCOC2)c1. The molecule has 0 radical (unpaired) electrons. The van der Waals surface area contributed by atoms with Crippen LogP contribution in [0.3, 0.4) is 0 Å². The van der Waals surface area contributed by atoms with E-state index in [2.05, 4.69) is 20.7 Å². The molecule has 1 aromatic carbocycles. The highest BCUT2D eigenvalue weighted by Crippen LogP contribution is 2.39. The Kier molecular flexibility index (Phi) is 6.37. The number of carbonyl (C=O) groups excluding carboxylic acids is 2. The minimum Gasteiger partial charge on any atom is -0.494 e. The molecule has 10 heteroatoms. The number of para-hydroxylation sites is 1. The monoisotopic (exact) mass is 476 g/mol. The highest BCUT2D eigenvalue weighted by atomic mass is 16.5. The lowest BCUT2D eigenvalue weighted by Crippen LogP contribution is -2.21. The van der Waals surface area contributed by atoms with Gasteiger partial charge in [0, 0.05) is 42.1 Å². The van der Waals surface area contributed by atoms with E-state index >= 15 is 0 Å². The summed E-state index contributed by atoms with van der Waals surface area (Å²) < 4.78 is 13.3. The number of nitrogens with zero attached hydrogens (tertiary/aromatic N) is 3. The van der Waals surface area contributed by atoms with Gasteiger partial charge in [-0.2, -0.15) is 5.10 Å². The molecule has 1 unspecified atom stereocenters. The Balaban J connectivity index is 1.45. The maximum Gasteiger partial charge on any atom is 0.252 e. The minimum absolute atomic E-state index is 0.0295. The van der Waals surface area contributed by atoms with E-state index in [1.807, 2.05) is 35.3 Å². The minimum atomic E-state index is -0.633. The van der Waals surface area contributed by atoms with E-state index in [1.165, 1.54) is 6.20 Å². The zero-order chi connectivity index (χ0) is 24.4. The molecular formula is C25H28N6O4. The number of hydrogen-bond donors (Lipinski definition) is 3. The second-order valence-electron chi connectivity index (χ2n) is 8.83. The third kappa shape index (κ3) is 4.97. The third-order valence-corrected chi connectivity index (χ3v) is 6.28. The van der Waals surface area contributed by atoms with Crippen molar-refractivity contribution in [2.45, 2.75) is 31.7 Å². The molecule has 0 spiro atoms. The van der Waals surface area contributed by atoms with Crippen molar-refractivity contribution in [3.05, 3.63) is 48.4 Å². The Morgan fingerprint density at radius 2 is 2.06 bits per heavy atom. The van der Waals surface area contributed by atoms with Gasteiger partial charge in [-0.3, -0.25) is 14.3 Å². The van der Waals surface area contributed by atoms with Gasteiger partial charge < -0.3 is 25.8 Å². The maximum absolute atomic E-state index is 12.2. The highest BCUT2D eigenvalue weighted by Gasteiger charge is 2.30. The molecular weight excluding hydrogens is 448 g/mol. The fourth-order valence-electron chi connectivity index (χ4n) is 4.23. The molecule has 1 atom stereocenters. The summed E-state index contributed by atoms with van der Waals surface area (Å²) in [5.74, 6) is 0.256. The van der Waals surface area contributed by atoms with Crippen molar-refractivity contribution in [2.75, 3.05) is 31.0 Å². The smallest absolute Gasteiger partial charge is 0.252 e. The maximum atomic E-state index is 12.2. The van der Waals surface area contributed by atoms with Gasteiger partial charge in [0.25, 0.3) is 5.91 Å². The normalized spacial score (nSPS) is 17.6. The predicted molar refractivity (Wildman–Crippen MR) is 131 cm³/mol. The standard InChI is InChI=1S/C25H28N6O4/c1-34-23-18(16-11-28-31(13-16)17-4-3-9-35-14-17)5-2-6-20(23)29-21-10-22(27-12-19(21)24(26)32)30-25(33)15-7-8-15/h2,5-6,10-13,15,17H,3-4,7-9,14H2,1H3,(H2,26,32)(H2,27,29,30,33). The number of pyridine rings is 1. The molecule has 4 N–H and O–H groups in total. The summed E-state index contributed by atoms with van der Waals surface area (Å²) in [4.78, 5) is 28.4. The topological polar surface area (TPSA) is 133 Å². The van der Waals surface area contributed by atoms with Crippen LogP contribution in [0.25, 0.3) is 11.1 Å². The largest absolute Gasteiger partial charge is 0.494 e. The lowest BCUT2D eigenvalue weighted by Gasteiger charge is -2.22. The van der Waals surface area contributed by atoms with E-state index in [4.69, 9.17) is 15.2 Å². The number of ether oxygens (including phenoxy) is 2. The van der Waals surface area contributed by atoms with Crippen molar-refractivity contribution in [2.24, 2.45) is 11.7 Å². The van der Waals surface area contributed by atoms with Crippen molar-refractivity contribution in [3.8, 4) is 16.9 Å². The van der Waals surface area contributed by atoms with Crippen LogP contribution in [0.1, 0.15) is 42.1 Å². The molecule has 35 heavy (non-hydrogen) atoms. The van der Waals surface area contributed by atoms with Gasteiger partial charge >= 0.3 is 0 Å². The summed E-state index contributed by atoms with van der Waals surface area (Å²) in [7, 11) is 1.59. The predicted octanol–water partition coefficient (Wildman–Crippen LogP) is 3.50. The Morgan fingerprint density at radius 1 is 1.20 bits per heavy atom. The second kappa shape index (κ2) is 9.75. The zero-order valence-corrected chi connectivity index (χ0v) is 19.5. The molecule has 2 amide bonds. The molecule has 2 aromatic heterocycles. The average molecular weight is 477 g/mol. The second-order valence-corrected chi connectivity index (χ2v) is 8.83. The van der Waals surface area contributed by atoms with Crippen LogP contribution in [0.2, 0.25) is 0 Å². The van der Waals surface area contributed by atoms with E-state index in [1.54, 1.807) is 13.2 Å². The summed E-state index contributed by atoms with van der Waals surface area (Å²) in [5, 5.41) is 10.6. The van der Waals surface area contributed by atoms with Crippen molar-refractivity contribution >= 4 is 29.0 Å². The number of rotatable bonds is 8. The van der Waals surface area contributed by atoms with Gasteiger partial charge in [0.05, 0.1) is 42.9 Å². The number of hydrogen-bond acceptors (Lipinski definition) is 7. The lowest BCUT2D eigenvalue weighted by molar-refractivity contribution is -0.117. The van der Waals surface area contributed by atoms with Crippen LogP contribution >= 0.6 is 0 Å². The molecule has 5 rings (SSSR count). The quantitative estimate of drug-likeness (QED) is 0.453. The molecule has 0 bridgehead atoms. The number of nitrogens with two attached hydrogens (primary N) is 1. The van der Waals surface area contributed by atoms with E-state index in [9.17, 15) is 9.59 Å². The first-order valence-electron chi connectivity index (χ1n) is 11.7. The fourth-order valence-corrected chi connectivity index (χ4v) is 4.23. The number of amides is 2. The zero-order valence-electron chi connectivity index (χ0n) is 19.5. The van der Waals surface area contributed by atoms with Gasteiger partial charge in [-0.15, -0.1) is 0 Å². The summed E-state index contributed by atoms with van der Waals surface area (Å²) in [6.45, 7) is 1.44. The van der Waals surface area contributed by atoms with Crippen molar-refractivity contribution in [1.29, 1.82) is 0 Å². The number of anilines is 3. The third-order valence-electron chi connectivity index (χ3n) is 6.28. The molecule has 10 nitrogen and oxygen atoms in total. The number of benzene rings is 1. The first-order chi connectivity index (χ1) is 17.0. The molecule has 3 heterocycles. The summed E-state index contributed by atoms with van der Waals surface area (Å²) >= 11 is 0. The van der Waals surface area contributed by atoms with Crippen LogP contribution < -0.4 is 21.1 Å². The fraction of sp³-hybridized carbons (Fsp3) is 0.360. The van der Waals surface area contributed by atoms with Gasteiger partial charge in [0.2, 0.25) is 5.91 Å². The van der Waals surface area contributed by atoms with E-state index in [-0.39, 0.29) is 23.4 Å². The van der Waals surface area contributed by atoms with Crippen LogP contribution in [0.4, 0.5) is 17.2 Å². The number of primary amides is 1. The van der Waals surface area contributed by atoms with Crippen LogP contribution in [-0.4, -0.2) is 46.9 Å².